The van der Waals surface area contributed by atoms with Crippen molar-refractivity contribution in [3.8, 4) is 17.0 Å². The number of rotatable bonds is 3. The first-order valence-electron chi connectivity index (χ1n) is 9.12. The van der Waals surface area contributed by atoms with Crippen molar-refractivity contribution < 1.29 is 4.74 Å². The monoisotopic (exact) mass is 366 g/mol. The molecule has 1 aliphatic rings. The molecule has 4 aromatic rings. The Morgan fingerprint density at radius 3 is 2.54 bits per heavy atom. The summed E-state index contributed by atoms with van der Waals surface area (Å²) in [7, 11) is 1.68. The molecular formula is C23H18N4O. The second-order valence-electron chi connectivity index (χ2n) is 6.62. The summed E-state index contributed by atoms with van der Waals surface area (Å²) in [6.45, 7) is 0. The lowest BCUT2D eigenvalue weighted by atomic mass is 9.96. The number of hydrogen-bond acceptors (Lipinski definition) is 4. The second-order valence-corrected chi connectivity index (χ2v) is 6.62. The number of methoxy groups -OCH3 is 1. The Bertz CT molecular complexity index is 1160. The van der Waals surface area contributed by atoms with Crippen LogP contribution in [0.1, 0.15) is 22.5 Å². The minimum Gasteiger partial charge on any atom is -0.497 e. The molecule has 0 N–H and O–H groups in total. The minimum atomic E-state index is 0.699. The first kappa shape index (κ1) is 16.4. The highest BCUT2D eigenvalue weighted by Gasteiger charge is 2.22. The first-order valence-corrected chi connectivity index (χ1v) is 9.12. The SMILES string of the molecule is COc1ccc2c(c1)C(c1ccccc1)=Nn1c(-c3ccncc3)cnc1C2. The van der Waals surface area contributed by atoms with Crippen molar-refractivity contribution in [3.05, 3.63) is 102 Å². The van der Waals surface area contributed by atoms with Crippen molar-refractivity contribution in [3.63, 3.8) is 0 Å². The van der Waals surface area contributed by atoms with Crippen molar-refractivity contribution >= 4 is 5.71 Å². The topological polar surface area (TPSA) is 52.3 Å². The number of fused-ring (bicyclic) bond motifs is 2. The van der Waals surface area contributed by atoms with Crippen molar-refractivity contribution in [1.29, 1.82) is 0 Å². The van der Waals surface area contributed by atoms with Crippen LogP contribution in [0.25, 0.3) is 11.3 Å². The molecule has 0 amide bonds. The van der Waals surface area contributed by atoms with E-state index in [2.05, 4.69) is 34.2 Å². The second kappa shape index (κ2) is 6.78. The van der Waals surface area contributed by atoms with Gasteiger partial charge in [-0.1, -0.05) is 36.4 Å². The summed E-state index contributed by atoms with van der Waals surface area (Å²) >= 11 is 0. The molecule has 0 saturated carbocycles. The number of nitrogens with zero attached hydrogens (tertiary/aromatic N) is 4. The molecule has 3 heterocycles. The fourth-order valence-corrected chi connectivity index (χ4v) is 3.53. The van der Waals surface area contributed by atoms with Gasteiger partial charge in [0.05, 0.1) is 24.7 Å². The third kappa shape index (κ3) is 2.77. The molecule has 0 spiro atoms. The molecule has 5 rings (SSSR count). The van der Waals surface area contributed by atoms with Crippen LogP contribution >= 0.6 is 0 Å². The molecule has 0 atom stereocenters. The minimum absolute atomic E-state index is 0.699. The zero-order valence-electron chi connectivity index (χ0n) is 15.4. The van der Waals surface area contributed by atoms with E-state index >= 15 is 0 Å². The Morgan fingerprint density at radius 2 is 1.75 bits per heavy atom. The standard InChI is InChI=1S/C23H18N4O/c1-28-19-8-7-18-13-22-25-15-21(16-9-11-24-12-10-16)27(22)26-23(20(18)14-19)17-5-3-2-4-6-17/h2-12,14-15H,13H2,1H3. The van der Waals surface area contributed by atoms with Crippen molar-refractivity contribution in [2.24, 2.45) is 5.10 Å². The molecule has 0 fully saturated rings. The van der Waals surface area contributed by atoms with E-state index in [1.807, 2.05) is 47.3 Å². The Kier molecular flexibility index (Phi) is 3.98. The van der Waals surface area contributed by atoms with Gasteiger partial charge in [-0.15, -0.1) is 0 Å². The van der Waals surface area contributed by atoms with Crippen LogP contribution in [0.4, 0.5) is 0 Å². The molecule has 2 aromatic carbocycles. The van der Waals surface area contributed by atoms with Gasteiger partial charge in [-0.05, 0) is 29.8 Å². The van der Waals surface area contributed by atoms with Crippen LogP contribution in [0, 0.1) is 0 Å². The fraction of sp³-hybridized carbons (Fsp3) is 0.0870. The van der Waals surface area contributed by atoms with Gasteiger partial charge in [-0.3, -0.25) is 4.98 Å². The van der Waals surface area contributed by atoms with Gasteiger partial charge in [-0.2, -0.15) is 5.10 Å². The van der Waals surface area contributed by atoms with E-state index in [1.165, 1.54) is 5.56 Å². The van der Waals surface area contributed by atoms with Crippen LogP contribution in [0.5, 0.6) is 5.75 Å². The van der Waals surface area contributed by atoms with Crippen LogP contribution in [-0.4, -0.2) is 27.5 Å². The molecule has 0 unspecified atom stereocenters. The van der Waals surface area contributed by atoms with E-state index in [1.54, 1.807) is 19.5 Å². The largest absolute Gasteiger partial charge is 0.497 e. The highest BCUT2D eigenvalue weighted by molar-refractivity contribution is 6.14. The Labute approximate surface area is 163 Å². The van der Waals surface area contributed by atoms with Crippen LogP contribution < -0.4 is 4.74 Å². The molecule has 5 heteroatoms. The molecule has 136 valence electrons. The molecular weight excluding hydrogens is 348 g/mol. The molecule has 2 aromatic heterocycles. The van der Waals surface area contributed by atoms with Crippen LogP contribution in [0.15, 0.2) is 84.4 Å². The van der Waals surface area contributed by atoms with Crippen LogP contribution in [-0.2, 0) is 6.42 Å². The van der Waals surface area contributed by atoms with Gasteiger partial charge in [0.25, 0.3) is 0 Å². The molecule has 0 radical (unpaired) electrons. The van der Waals surface area contributed by atoms with Crippen molar-refractivity contribution in [1.82, 2.24) is 14.6 Å². The molecule has 1 aliphatic heterocycles. The Balaban J connectivity index is 1.77. The maximum atomic E-state index is 5.47. The third-order valence-electron chi connectivity index (χ3n) is 4.95. The van der Waals surface area contributed by atoms with Gasteiger partial charge >= 0.3 is 0 Å². The number of aromatic nitrogens is 3. The fourth-order valence-electron chi connectivity index (χ4n) is 3.53. The average Bonchev–Trinajstić information content (AvgIpc) is 3.08. The summed E-state index contributed by atoms with van der Waals surface area (Å²) in [5, 5.41) is 5.06. The van der Waals surface area contributed by atoms with Crippen LogP contribution in [0.2, 0.25) is 0 Å². The number of imidazole rings is 1. The molecule has 0 saturated heterocycles. The van der Waals surface area contributed by atoms with Gasteiger partial charge in [-0.25, -0.2) is 9.66 Å². The third-order valence-corrected chi connectivity index (χ3v) is 4.95. The van der Waals surface area contributed by atoms with Gasteiger partial charge in [0.1, 0.15) is 11.6 Å². The summed E-state index contributed by atoms with van der Waals surface area (Å²) in [5.41, 5.74) is 6.19. The highest BCUT2D eigenvalue weighted by Crippen LogP contribution is 2.29. The van der Waals surface area contributed by atoms with Gasteiger partial charge in [0.15, 0.2) is 0 Å². The number of benzene rings is 2. The normalized spacial score (nSPS) is 12.5. The average molecular weight is 366 g/mol. The maximum Gasteiger partial charge on any atom is 0.135 e. The zero-order chi connectivity index (χ0) is 18.9. The lowest BCUT2D eigenvalue weighted by Gasteiger charge is -2.11. The van der Waals surface area contributed by atoms with Crippen molar-refractivity contribution in [2.45, 2.75) is 6.42 Å². The van der Waals surface area contributed by atoms with Crippen molar-refractivity contribution in [2.75, 3.05) is 7.11 Å². The lowest BCUT2D eigenvalue weighted by molar-refractivity contribution is 0.414. The zero-order valence-corrected chi connectivity index (χ0v) is 15.4. The number of hydrogen-bond donors (Lipinski definition) is 0. The predicted molar refractivity (Wildman–Crippen MR) is 109 cm³/mol. The Morgan fingerprint density at radius 1 is 0.929 bits per heavy atom. The predicted octanol–water partition coefficient (Wildman–Crippen LogP) is 4.16. The Hall–Kier alpha value is -3.73. The lowest BCUT2D eigenvalue weighted by Crippen LogP contribution is -2.07. The summed E-state index contributed by atoms with van der Waals surface area (Å²) in [6.07, 6.45) is 6.15. The highest BCUT2D eigenvalue weighted by atomic mass is 16.5. The maximum absolute atomic E-state index is 5.47. The van der Waals surface area contributed by atoms with Gasteiger partial charge < -0.3 is 4.74 Å². The number of pyridine rings is 1. The molecule has 5 nitrogen and oxygen atoms in total. The summed E-state index contributed by atoms with van der Waals surface area (Å²) in [6, 6.07) is 20.3. The van der Waals surface area contributed by atoms with Gasteiger partial charge in [0.2, 0.25) is 0 Å². The van der Waals surface area contributed by atoms with E-state index in [0.717, 1.165) is 39.7 Å². The van der Waals surface area contributed by atoms with E-state index < -0.39 is 0 Å². The van der Waals surface area contributed by atoms with Crippen LogP contribution in [0.3, 0.4) is 0 Å². The quantitative estimate of drug-likeness (QED) is 0.482. The summed E-state index contributed by atoms with van der Waals surface area (Å²) in [4.78, 5) is 8.79. The molecule has 0 aliphatic carbocycles. The van der Waals surface area contributed by atoms with E-state index in [4.69, 9.17) is 9.84 Å². The number of ether oxygens (including phenoxy) is 1. The molecule has 0 bridgehead atoms. The molecule has 28 heavy (non-hydrogen) atoms. The van der Waals surface area contributed by atoms with E-state index in [0.29, 0.717) is 6.42 Å². The summed E-state index contributed by atoms with van der Waals surface area (Å²) < 4.78 is 7.42. The summed E-state index contributed by atoms with van der Waals surface area (Å²) in [5.74, 6) is 1.72. The van der Waals surface area contributed by atoms with E-state index in [-0.39, 0.29) is 0 Å². The first-order chi connectivity index (χ1) is 13.8. The smallest absolute Gasteiger partial charge is 0.135 e. The van der Waals surface area contributed by atoms with Gasteiger partial charge in [0, 0.05) is 35.5 Å². The van der Waals surface area contributed by atoms with E-state index in [9.17, 15) is 0 Å².